The topological polar surface area (TPSA) is 69.7 Å². The number of carbonyl (C=O) groups is 3. The molecule has 8 unspecified atom stereocenters. The van der Waals surface area contributed by atoms with Gasteiger partial charge in [-0.1, -0.05) is 19.1 Å². The third-order valence-corrected chi connectivity index (χ3v) is 7.22. The zero-order valence-electron chi connectivity index (χ0n) is 15.6. The molecule has 5 heteroatoms. The van der Waals surface area contributed by atoms with Gasteiger partial charge >= 0.3 is 11.9 Å². The predicted octanol–water partition coefficient (Wildman–Crippen LogP) is 2.92. The molecule has 0 N–H and O–H groups in total. The molecule has 0 bridgehead atoms. The van der Waals surface area contributed by atoms with Gasteiger partial charge in [0.15, 0.2) is 0 Å². The fourth-order valence-corrected chi connectivity index (χ4v) is 6.28. The van der Waals surface area contributed by atoms with Gasteiger partial charge in [-0.15, -0.1) is 0 Å². The summed E-state index contributed by atoms with van der Waals surface area (Å²) >= 11 is 0. The molecule has 0 aromatic rings. The van der Waals surface area contributed by atoms with Crippen molar-refractivity contribution in [3.8, 4) is 0 Å². The minimum atomic E-state index is -0.368. The van der Waals surface area contributed by atoms with E-state index in [9.17, 15) is 14.4 Å². The average molecular weight is 360 g/mol. The molecule has 0 aromatic carbocycles. The zero-order chi connectivity index (χ0) is 18.4. The lowest BCUT2D eigenvalue weighted by molar-refractivity contribution is -0.158. The zero-order valence-corrected chi connectivity index (χ0v) is 15.6. The van der Waals surface area contributed by atoms with Gasteiger partial charge in [-0.2, -0.15) is 0 Å². The number of cyclic esters (lactones) is 1. The van der Waals surface area contributed by atoms with Crippen LogP contribution < -0.4 is 0 Å². The predicted molar refractivity (Wildman–Crippen MR) is 93.8 cm³/mol. The number of esters is 2. The van der Waals surface area contributed by atoms with Crippen LogP contribution in [0.15, 0.2) is 12.2 Å². The molecule has 0 amide bonds. The van der Waals surface area contributed by atoms with E-state index in [-0.39, 0.29) is 36.2 Å². The molecule has 4 rings (SSSR count). The molecule has 0 spiro atoms. The number of ether oxygens (including phenoxy) is 2. The van der Waals surface area contributed by atoms with Crippen molar-refractivity contribution in [3.63, 3.8) is 0 Å². The standard InChI is InChI=1S/C21H28O5/c1-11-5-18-16(20(11)21(24)25-2)4-3-13-6-12(8-17(13)18)7-15-9-14(22)10-19(23)26-15/h3-4,11-13,15-18,20H,5-10H2,1-2H3. The second-order valence-electron chi connectivity index (χ2n) is 8.82. The van der Waals surface area contributed by atoms with E-state index in [4.69, 9.17) is 9.47 Å². The Morgan fingerprint density at radius 1 is 1.19 bits per heavy atom. The number of ketones is 1. The largest absolute Gasteiger partial charge is 0.469 e. The summed E-state index contributed by atoms with van der Waals surface area (Å²) in [5.41, 5.74) is 0. The molecular formula is C21H28O5. The summed E-state index contributed by atoms with van der Waals surface area (Å²) in [5.74, 6) is 2.40. The lowest BCUT2D eigenvalue weighted by atomic mass is 9.72. The molecule has 5 nitrogen and oxygen atoms in total. The lowest BCUT2D eigenvalue weighted by Gasteiger charge is -2.33. The Bertz CT molecular complexity index is 622. The Morgan fingerprint density at radius 2 is 2.00 bits per heavy atom. The third-order valence-electron chi connectivity index (χ3n) is 7.22. The average Bonchev–Trinajstić information content (AvgIpc) is 3.12. The molecule has 2 saturated carbocycles. The van der Waals surface area contributed by atoms with Crippen molar-refractivity contribution in [3.05, 3.63) is 12.2 Å². The fourth-order valence-electron chi connectivity index (χ4n) is 6.28. The molecule has 3 fully saturated rings. The summed E-state index contributed by atoms with van der Waals surface area (Å²) in [6, 6.07) is 0. The van der Waals surface area contributed by atoms with Crippen LogP contribution in [0.25, 0.3) is 0 Å². The number of rotatable bonds is 3. The smallest absolute Gasteiger partial charge is 0.313 e. The van der Waals surface area contributed by atoms with Crippen LogP contribution in [0.5, 0.6) is 0 Å². The summed E-state index contributed by atoms with van der Waals surface area (Å²) in [7, 11) is 1.48. The van der Waals surface area contributed by atoms with Gasteiger partial charge in [-0.25, -0.2) is 0 Å². The number of fused-ring (bicyclic) bond motifs is 3. The highest BCUT2D eigenvalue weighted by Crippen LogP contribution is 2.56. The quantitative estimate of drug-likeness (QED) is 0.440. The van der Waals surface area contributed by atoms with Crippen molar-refractivity contribution < 1.29 is 23.9 Å². The first-order valence-electron chi connectivity index (χ1n) is 9.93. The second kappa shape index (κ2) is 6.82. The van der Waals surface area contributed by atoms with Crippen LogP contribution in [0.1, 0.15) is 45.4 Å². The fraction of sp³-hybridized carbons (Fsp3) is 0.762. The van der Waals surface area contributed by atoms with E-state index in [1.54, 1.807) is 0 Å². The molecule has 142 valence electrons. The first-order valence-corrected chi connectivity index (χ1v) is 9.93. The third kappa shape index (κ3) is 3.10. The van der Waals surface area contributed by atoms with Crippen molar-refractivity contribution in [2.24, 2.45) is 41.4 Å². The molecule has 4 aliphatic rings. The van der Waals surface area contributed by atoms with E-state index in [1.807, 2.05) is 0 Å². The van der Waals surface area contributed by atoms with E-state index < -0.39 is 0 Å². The van der Waals surface area contributed by atoms with E-state index >= 15 is 0 Å². The molecule has 26 heavy (non-hydrogen) atoms. The molecule has 8 atom stereocenters. The number of Topliss-reactive ketones (excluding diaryl/α,β-unsaturated/α-hetero) is 1. The van der Waals surface area contributed by atoms with Crippen LogP contribution in [0, 0.1) is 41.4 Å². The SMILES string of the molecule is COC(=O)C1C(C)CC2C1C=CC1CC(CC3CC(=O)CC(=O)O3)CC12. The summed E-state index contributed by atoms with van der Waals surface area (Å²) in [4.78, 5) is 35.4. The number of carbonyl (C=O) groups excluding carboxylic acids is 3. The highest BCUT2D eigenvalue weighted by atomic mass is 16.5. The van der Waals surface area contributed by atoms with Gasteiger partial charge in [0.25, 0.3) is 0 Å². The van der Waals surface area contributed by atoms with Crippen LogP contribution in [0.4, 0.5) is 0 Å². The monoisotopic (exact) mass is 360 g/mol. The van der Waals surface area contributed by atoms with Crippen molar-refractivity contribution in [1.29, 1.82) is 0 Å². The van der Waals surface area contributed by atoms with Gasteiger partial charge in [0, 0.05) is 6.42 Å². The van der Waals surface area contributed by atoms with Crippen molar-refractivity contribution >= 4 is 17.7 Å². The lowest BCUT2D eigenvalue weighted by Crippen LogP contribution is -2.31. The maximum Gasteiger partial charge on any atom is 0.313 e. The number of hydrogen-bond acceptors (Lipinski definition) is 5. The first kappa shape index (κ1) is 17.7. The van der Waals surface area contributed by atoms with Crippen molar-refractivity contribution in [1.82, 2.24) is 0 Å². The summed E-state index contributed by atoms with van der Waals surface area (Å²) in [6.45, 7) is 2.17. The van der Waals surface area contributed by atoms with Crippen molar-refractivity contribution in [2.45, 2.75) is 51.6 Å². The normalized spacial score (nSPS) is 44.4. The number of methoxy groups -OCH3 is 1. The van der Waals surface area contributed by atoms with Crippen LogP contribution in [-0.4, -0.2) is 30.9 Å². The van der Waals surface area contributed by atoms with Gasteiger partial charge in [0.05, 0.1) is 13.0 Å². The summed E-state index contributed by atoms with van der Waals surface area (Å²) < 4.78 is 10.5. The van der Waals surface area contributed by atoms with Crippen LogP contribution in [0.2, 0.25) is 0 Å². The minimum absolute atomic E-state index is 0.00663. The Kier molecular flexibility index (Phi) is 4.66. The number of allylic oxidation sites excluding steroid dienone is 2. The molecule has 0 radical (unpaired) electrons. The highest BCUT2D eigenvalue weighted by Gasteiger charge is 2.52. The second-order valence-corrected chi connectivity index (χ2v) is 8.82. The van der Waals surface area contributed by atoms with E-state index in [1.165, 1.54) is 7.11 Å². The van der Waals surface area contributed by atoms with E-state index in [2.05, 4.69) is 19.1 Å². The molecule has 1 heterocycles. The summed E-state index contributed by atoms with van der Waals surface area (Å²) in [6.07, 6.45) is 8.75. The van der Waals surface area contributed by atoms with Gasteiger partial charge in [-0.3, -0.25) is 14.4 Å². The van der Waals surface area contributed by atoms with Crippen molar-refractivity contribution in [2.75, 3.05) is 7.11 Å². The number of hydrogen-bond donors (Lipinski definition) is 0. The Balaban J connectivity index is 1.42. The first-order chi connectivity index (χ1) is 12.5. The molecule has 0 aromatic heterocycles. The van der Waals surface area contributed by atoms with Gasteiger partial charge in [0.2, 0.25) is 0 Å². The van der Waals surface area contributed by atoms with E-state index in [0.29, 0.717) is 41.9 Å². The van der Waals surface area contributed by atoms with Crippen LogP contribution in [0.3, 0.4) is 0 Å². The van der Waals surface area contributed by atoms with Gasteiger partial charge < -0.3 is 9.47 Å². The Hall–Kier alpha value is -1.65. The maximum absolute atomic E-state index is 12.2. The van der Waals surface area contributed by atoms with Gasteiger partial charge in [-0.05, 0) is 61.2 Å². The van der Waals surface area contributed by atoms with Crippen LogP contribution >= 0.6 is 0 Å². The molecular weight excluding hydrogens is 332 g/mol. The van der Waals surface area contributed by atoms with Gasteiger partial charge in [0.1, 0.15) is 18.3 Å². The Labute approximate surface area is 154 Å². The summed E-state index contributed by atoms with van der Waals surface area (Å²) in [5, 5.41) is 0. The molecule has 1 aliphatic heterocycles. The highest BCUT2D eigenvalue weighted by molar-refractivity contribution is 5.97. The Morgan fingerprint density at radius 3 is 2.73 bits per heavy atom. The molecule has 3 aliphatic carbocycles. The van der Waals surface area contributed by atoms with E-state index in [0.717, 1.165) is 25.7 Å². The minimum Gasteiger partial charge on any atom is -0.469 e. The maximum atomic E-state index is 12.2. The van der Waals surface area contributed by atoms with Crippen LogP contribution in [-0.2, 0) is 23.9 Å². The molecule has 1 saturated heterocycles.